The van der Waals surface area contributed by atoms with Crippen molar-refractivity contribution in [2.75, 3.05) is 54.4 Å². The average Bonchev–Trinajstić information content (AvgIpc) is 2.59. The van der Waals surface area contributed by atoms with E-state index in [1.807, 2.05) is 38.0 Å². The lowest BCUT2D eigenvalue weighted by molar-refractivity contribution is -0.144. The van der Waals surface area contributed by atoms with Crippen molar-refractivity contribution >= 4 is 35.1 Å². The number of rotatable bonds is 12. The first-order chi connectivity index (χ1) is 13.1. The molecule has 1 unspecified atom stereocenters. The Bertz CT molecular complexity index is 654. The predicted molar refractivity (Wildman–Crippen MR) is 114 cm³/mol. The summed E-state index contributed by atoms with van der Waals surface area (Å²) in [4.78, 5) is 30.3. The molecule has 0 aromatic heterocycles. The van der Waals surface area contributed by atoms with Gasteiger partial charge in [0, 0.05) is 19.6 Å². The number of amides is 1. The highest BCUT2D eigenvalue weighted by Crippen LogP contribution is 2.23. The van der Waals surface area contributed by atoms with Crippen LogP contribution in [0.25, 0.3) is 0 Å². The smallest absolute Gasteiger partial charge is 0.308 e. The number of halogens is 2. The Hall–Kier alpha value is -1.34. The summed E-state index contributed by atoms with van der Waals surface area (Å²) in [6.45, 7) is 2.16. The van der Waals surface area contributed by atoms with Gasteiger partial charge in [-0.2, -0.15) is 0 Å². The van der Waals surface area contributed by atoms with Crippen LogP contribution in [-0.4, -0.2) is 86.1 Å². The van der Waals surface area contributed by atoms with Crippen LogP contribution < -0.4 is 0 Å². The summed E-state index contributed by atoms with van der Waals surface area (Å²) >= 11 is 12.0. The fourth-order valence-corrected chi connectivity index (χ4v) is 3.11. The standard InChI is InChI=1S/C20H31Cl2N3O3/c1-23(2)9-5-6-16(20(27)28)14-25(11-10-24(3)4)19(26)13-15-7-8-17(21)18(22)12-15/h7-8,12,16H,5-6,9-11,13-14H2,1-4H3,(H,27,28). The molecular formula is C20H31Cl2N3O3. The zero-order valence-electron chi connectivity index (χ0n) is 17.1. The molecule has 1 aromatic rings. The van der Waals surface area contributed by atoms with Gasteiger partial charge in [-0.15, -0.1) is 0 Å². The van der Waals surface area contributed by atoms with Crippen LogP contribution in [0.15, 0.2) is 18.2 Å². The third-order valence-corrected chi connectivity index (χ3v) is 5.20. The number of nitrogens with zero attached hydrogens (tertiary/aromatic N) is 3. The molecular weight excluding hydrogens is 401 g/mol. The summed E-state index contributed by atoms with van der Waals surface area (Å²) in [5.74, 6) is -1.56. The van der Waals surface area contributed by atoms with Gasteiger partial charge in [-0.25, -0.2) is 0 Å². The van der Waals surface area contributed by atoms with E-state index in [9.17, 15) is 14.7 Å². The summed E-state index contributed by atoms with van der Waals surface area (Å²) in [5.41, 5.74) is 0.758. The molecule has 0 aliphatic rings. The molecule has 0 fully saturated rings. The van der Waals surface area contributed by atoms with Gasteiger partial charge in [0.15, 0.2) is 0 Å². The first-order valence-electron chi connectivity index (χ1n) is 9.34. The zero-order valence-corrected chi connectivity index (χ0v) is 18.6. The van der Waals surface area contributed by atoms with Gasteiger partial charge in [-0.05, 0) is 65.3 Å². The molecule has 1 atom stereocenters. The summed E-state index contributed by atoms with van der Waals surface area (Å²) in [7, 11) is 7.76. The van der Waals surface area contributed by atoms with Gasteiger partial charge in [0.25, 0.3) is 0 Å². The van der Waals surface area contributed by atoms with Crippen LogP contribution in [-0.2, 0) is 16.0 Å². The Morgan fingerprint density at radius 3 is 2.18 bits per heavy atom. The molecule has 28 heavy (non-hydrogen) atoms. The third-order valence-electron chi connectivity index (χ3n) is 4.46. The maximum atomic E-state index is 12.9. The largest absolute Gasteiger partial charge is 0.481 e. The van der Waals surface area contributed by atoms with Crippen LogP contribution in [0.5, 0.6) is 0 Å². The maximum Gasteiger partial charge on any atom is 0.308 e. The summed E-state index contributed by atoms with van der Waals surface area (Å²) in [5, 5.41) is 10.4. The molecule has 1 amide bonds. The molecule has 1 rings (SSSR count). The summed E-state index contributed by atoms with van der Waals surface area (Å²) < 4.78 is 0. The first-order valence-corrected chi connectivity index (χ1v) is 10.1. The SMILES string of the molecule is CN(C)CCCC(CN(CCN(C)C)C(=O)Cc1ccc(Cl)c(Cl)c1)C(=O)O. The number of carbonyl (C=O) groups excluding carboxylic acids is 1. The highest BCUT2D eigenvalue weighted by molar-refractivity contribution is 6.42. The third kappa shape index (κ3) is 9.24. The van der Waals surface area contributed by atoms with Crippen molar-refractivity contribution in [2.24, 2.45) is 5.92 Å². The number of hydrogen-bond acceptors (Lipinski definition) is 4. The molecule has 0 aliphatic carbocycles. The lowest BCUT2D eigenvalue weighted by atomic mass is 10.0. The lowest BCUT2D eigenvalue weighted by Crippen LogP contribution is -2.42. The minimum Gasteiger partial charge on any atom is -0.481 e. The Balaban J connectivity index is 2.84. The van der Waals surface area contributed by atoms with E-state index < -0.39 is 11.9 Å². The molecule has 0 saturated carbocycles. The normalized spacial score (nSPS) is 12.4. The number of aliphatic carboxylic acids is 1. The van der Waals surface area contributed by atoms with Gasteiger partial charge in [-0.3, -0.25) is 9.59 Å². The van der Waals surface area contributed by atoms with Crippen LogP contribution in [0.1, 0.15) is 18.4 Å². The number of hydrogen-bond donors (Lipinski definition) is 1. The van der Waals surface area contributed by atoms with Crippen LogP contribution in [0.2, 0.25) is 10.0 Å². The fourth-order valence-electron chi connectivity index (χ4n) is 2.79. The van der Waals surface area contributed by atoms with Crippen molar-refractivity contribution < 1.29 is 14.7 Å². The maximum absolute atomic E-state index is 12.9. The molecule has 6 nitrogen and oxygen atoms in total. The molecule has 1 N–H and O–H groups in total. The highest BCUT2D eigenvalue weighted by Gasteiger charge is 2.24. The van der Waals surface area contributed by atoms with Crippen LogP contribution in [0.4, 0.5) is 0 Å². The second-order valence-corrected chi connectivity index (χ2v) is 8.36. The van der Waals surface area contributed by atoms with E-state index in [-0.39, 0.29) is 18.9 Å². The summed E-state index contributed by atoms with van der Waals surface area (Å²) in [6.07, 6.45) is 1.47. The van der Waals surface area contributed by atoms with Crippen LogP contribution in [0, 0.1) is 5.92 Å². The predicted octanol–water partition coefficient (Wildman–Crippen LogP) is 2.97. The van der Waals surface area contributed by atoms with E-state index >= 15 is 0 Å². The Kier molecular flexibility index (Phi) is 10.8. The minimum atomic E-state index is -0.865. The van der Waals surface area contributed by atoms with Gasteiger partial charge in [0.2, 0.25) is 5.91 Å². The van der Waals surface area contributed by atoms with Crippen molar-refractivity contribution in [3.8, 4) is 0 Å². The molecule has 0 radical (unpaired) electrons. The van der Waals surface area contributed by atoms with Crippen molar-refractivity contribution in [3.05, 3.63) is 33.8 Å². The van der Waals surface area contributed by atoms with Crippen molar-refractivity contribution in [3.63, 3.8) is 0 Å². The topological polar surface area (TPSA) is 64.1 Å². The first kappa shape index (κ1) is 24.7. The molecule has 0 saturated heterocycles. The van der Waals surface area contributed by atoms with E-state index in [4.69, 9.17) is 23.2 Å². The van der Waals surface area contributed by atoms with E-state index in [2.05, 4.69) is 0 Å². The van der Waals surface area contributed by atoms with E-state index in [0.29, 0.717) is 29.6 Å². The molecule has 0 heterocycles. The number of benzene rings is 1. The molecule has 0 spiro atoms. The quantitative estimate of drug-likeness (QED) is 0.550. The second kappa shape index (κ2) is 12.3. The number of carboxylic acid groups (broad SMARTS) is 1. The van der Waals surface area contributed by atoms with Gasteiger partial charge in [0.1, 0.15) is 0 Å². The van der Waals surface area contributed by atoms with Gasteiger partial charge in [0.05, 0.1) is 22.4 Å². The van der Waals surface area contributed by atoms with Gasteiger partial charge < -0.3 is 19.8 Å². The van der Waals surface area contributed by atoms with Gasteiger partial charge >= 0.3 is 5.97 Å². The van der Waals surface area contributed by atoms with Crippen LogP contribution in [0.3, 0.4) is 0 Å². The monoisotopic (exact) mass is 431 g/mol. The molecule has 1 aromatic carbocycles. The van der Waals surface area contributed by atoms with Crippen molar-refractivity contribution in [2.45, 2.75) is 19.3 Å². The Labute approximate surface area is 178 Å². The Morgan fingerprint density at radius 2 is 1.64 bits per heavy atom. The molecule has 0 aliphatic heterocycles. The van der Waals surface area contributed by atoms with E-state index in [1.54, 1.807) is 23.1 Å². The van der Waals surface area contributed by atoms with Crippen LogP contribution >= 0.6 is 23.2 Å². The van der Waals surface area contributed by atoms with E-state index in [1.165, 1.54) is 0 Å². The minimum absolute atomic E-state index is 0.112. The van der Waals surface area contributed by atoms with Gasteiger partial charge in [-0.1, -0.05) is 29.3 Å². The second-order valence-electron chi connectivity index (χ2n) is 7.55. The van der Waals surface area contributed by atoms with Crippen molar-refractivity contribution in [1.29, 1.82) is 0 Å². The fraction of sp³-hybridized carbons (Fsp3) is 0.600. The Morgan fingerprint density at radius 1 is 1.00 bits per heavy atom. The van der Waals surface area contributed by atoms with Crippen molar-refractivity contribution in [1.82, 2.24) is 14.7 Å². The molecule has 0 bridgehead atoms. The molecule has 158 valence electrons. The lowest BCUT2D eigenvalue weighted by Gasteiger charge is -2.27. The highest BCUT2D eigenvalue weighted by atomic mass is 35.5. The molecule has 8 heteroatoms. The number of carboxylic acids is 1. The average molecular weight is 432 g/mol. The number of carbonyl (C=O) groups is 2. The van der Waals surface area contributed by atoms with E-state index in [0.717, 1.165) is 18.5 Å². The summed E-state index contributed by atoms with van der Waals surface area (Å²) in [6, 6.07) is 5.11. The zero-order chi connectivity index (χ0) is 21.3. The number of likely N-dealkylation sites (N-methyl/N-ethyl adjacent to an activating group) is 1.